The minimum Gasteiger partial charge on any atom is -0.462 e. The highest BCUT2D eigenvalue weighted by atomic mass is 16.6. The zero-order chi connectivity index (χ0) is 33.9. The van der Waals surface area contributed by atoms with Crippen molar-refractivity contribution >= 4 is 11.9 Å². The van der Waals surface area contributed by atoms with E-state index < -0.39 is 6.10 Å². The Kier molecular flexibility index (Phi) is 33.3. The smallest absolute Gasteiger partial charge is 0.306 e. The molecule has 0 radical (unpaired) electrons. The average Bonchev–Trinajstić information content (AvgIpc) is 3.05. The molecule has 0 saturated carbocycles. The topological polar surface area (TPSA) is 113 Å². The minimum absolute atomic E-state index is 0.107. The normalized spacial score (nSPS) is 13.8. The van der Waals surface area contributed by atoms with E-state index in [0.29, 0.717) is 12.8 Å². The molecule has 0 spiro atoms. The maximum atomic E-state index is 12.1. The molecule has 7 nitrogen and oxygen atoms in total. The van der Waals surface area contributed by atoms with Gasteiger partial charge in [-0.25, -0.2) is 0 Å². The highest BCUT2D eigenvalue weighted by molar-refractivity contribution is 5.70. The van der Waals surface area contributed by atoms with Gasteiger partial charge < -0.3 is 24.8 Å². The van der Waals surface area contributed by atoms with Crippen molar-refractivity contribution in [3.63, 3.8) is 0 Å². The highest BCUT2D eigenvalue weighted by Crippen LogP contribution is 2.13. The summed E-state index contributed by atoms with van der Waals surface area (Å²) in [6.45, 7) is 3.92. The number of unbranched alkanes of at least 4 members (excludes halogenated alkanes) is 16. The number of aliphatic hydroxyl groups is 3. The Labute approximate surface area is 282 Å². The van der Waals surface area contributed by atoms with Crippen molar-refractivity contribution in [2.75, 3.05) is 13.2 Å². The summed E-state index contributed by atoms with van der Waals surface area (Å²) in [7, 11) is 0. The van der Waals surface area contributed by atoms with E-state index in [4.69, 9.17) is 9.47 Å². The van der Waals surface area contributed by atoms with Gasteiger partial charge in [0.1, 0.15) is 6.61 Å². The van der Waals surface area contributed by atoms with E-state index in [1.807, 2.05) is 0 Å². The summed E-state index contributed by atoms with van der Waals surface area (Å²) in [5.41, 5.74) is 0. The highest BCUT2D eigenvalue weighted by Gasteiger charge is 2.16. The molecule has 0 saturated heterocycles. The van der Waals surface area contributed by atoms with Gasteiger partial charge in [0.2, 0.25) is 0 Å². The SMILES string of the molecule is CCCCCCC(O)C/C=C/CCCCCCCC(=O)OC[C@H](CO)OC(=O)CCCCCCC/C=C/CC(O)CCCCCC. The van der Waals surface area contributed by atoms with Crippen LogP contribution in [0.15, 0.2) is 24.3 Å². The molecular formula is C39H72O7. The summed E-state index contributed by atoms with van der Waals surface area (Å²) in [4.78, 5) is 24.2. The van der Waals surface area contributed by atoms with Crippen LogP contribution in [0.25, 0.3) is 0 Å². The van der Waals surface area contributed by atoms with Gasteiger partial charge in [-0.3, -0.25) is 9.59 Å². The maximum Gasteiger partial charge on any atom is 0.306 e. The van der Waals surface area contributed by atoms with E-state index in [-0.39, 0.29) is 37.4 Å². The lowest BCUT2D eigenvalue weighted by Crippen LogP contribution is -2.28. The number of carbonyl (C=O) groups excluding carboxylic acids is 2. The summed E-state index contributed by atoms with van der Waals surface area (Å²) in [6, 6.07) is 0. The van der Waals surface area contributed by atoms with Crippen LogP contribution in [0.5, 0.6) is 0 Å². The number of rotatable bonds is 34. The third-order valence-electron chi connectivity index (χ3n) is 8.37. The third kappa shape index (κ3) is 32.2. The molecule has 270 valence electrons. The molecule has 0 aliphatic heterocycles. The molecular weight excluding hydrogens is 580 g/mol. The van der Waals surface area contributed by atoms with Gasteiger partial charge in [0.15, 0.2) is 6.10 Å². The van der Waals surface area contributed by atoms with Gasteiger partial charge in [-0.15, -0.1) is 0 Å². The molecule has 3 N–H and O–H groups in total. The third-order valence-corrected chi connectivity index (χ3v) is 8.37. The molecule has 0 aromatic carbocycles. The second-order valence-electron chi connectivity index (χ2n) is 13.0. The molecule has 3 atom stereocenters. The Morgan fingerprint density at radius 2 is 1.00 bits per heavy atom. The van der Waals surface area contributed by atoms with E-state index in [1.54, 1.807) is 0 Å². The largest absolute Gasteiger partial charge is 0.462 e. The second kappa shape index (κ2) is 34.6. The van der Waals surface area contributed by atoms with Crippen LogP contribution in [0.4, 0.5) is 0 Å². The maximum absolute atomic E-state index is 12.1. The number of esters is 2. The summed E-state index contributed by atoms with van der Waals surface area (Å²) >= 11 is 0. The Balaban J connectivity index is 3.67. The van der Waals surface area contributed by atoms with Crippen molar-refractivity contribution in [1.82, 2.24) is 0 Å². The first-order valence-corrected chi connectivity index (χ1v) is 19.0. The lowest BCUT2D eigenvalue weighted by molar-refractivity contribution is -0.161. The molecule has 0 fully saturated rings. The first-order valence-electron chi connectivity index (χ1n) is 19.0. The quantitative estimate of drug-likeness (QED) is 0.0360. The van der Waals surface area contributed by atoms with Crippen molar-refractivity contribution < 1.29 is 34.4 Å². The van der Waals surface area contributed by atoms with Crippen LogP contribution in [0, 0.1) is 0 Å². The Hall–Kier alpha value is -1.70. The van der Waals surface area contributed by atoms with Crippen molar-refractivity contribution in [2.24, 2.45) is 0 Å². The number of hydrogen-bond donors (Lipinski definition) is 3. The van der Waals surface area contributed by atoms with Gasteiger partial charge in [-0.2, -0.15) is 0 Å². The monoisotopic (exact) mass is 653 g/mol. The van der Waals surface area contributed by atoms with Crippen LogP contribution in [0.1, 0.15) is 181 Å². The number of aliphatic hydroxyl groups excluding tert-OH is 3. The van der Waals surface area contributed by atoms with Crippen molar-refractivity contribution in [3.05, 3.63) is 24.3 Å². The van der Waals surface area contributed by atoms with Gasteiger partial charge in [-0.05, 0) is 64.2 Å². The van der Waals surface area contributed by atoms with Gasteiger partial charge in [0.05, 0.1) is 18.8 Å². The van der Waals surface area contributed by atoms with E-state index in [2.05, 4.69) is 38.2 Å². The molecule has 0 aromatic heterocycles. The van der Waals surface area contributed by atoms with Crippen molar-refractivity contribution in [3.8, 4) is 0 Å². The number of allylic oxidation sites excluding steroid dienone is 2. The van der Waals surface area contributed by atoms with Crippen LogP contribution in [0.2, 0.25) is 0 Å². The standard InChI is InChI=1S/C39H72O7/c1-3-5-7-21-27-35(41)29-23-17-13-9-11-15-19-25-31-38(43)45-34-37(33-40)46-39(44)32-26-20-16-12-10-14-18-24-30-36(42)28-22-8-6-4-2/h17-18,23-24,35-37,40-42H,3-16,19-22,25-34H2,1-2H3/b23-17+,24-18+/t35?,36?,37-/m0/s1. The summed E-state index contributed by atoms with van der Waals surface area (Å²) in [6.07, 6.45) is 32.8. The Morgan fingerprint density at radius 1 is 0.565 bits per heavy atom. The first kappa shape index (κ1) is 44.3. The molecule has 0 aliphatic carbocycles. The Bertz CT molecular complexity index is 736. The molecule has 0 aliphatic rings. The lowest BCUT2D eigenvalue weighted by Gasteiger charge is -2.15. The molecule has 0 aromatic rings. The minimum atomic E-state index is -0.812. The van der Waals surface area contributed by atoms with Crippen LogP contribution in [-0.2, 0) is 19.1 Å². The van der Waals surface area contributed by atoms with E-state index in [1.165, 1.54) is 38.5 Å². The summed E-state index contributed by atoms with van der Waals surface area (Å²) < 4.78 is 10.5. The number of ether oxygens (including phenoxy) is 2. The predicted molar refractivity (Wildman–Crippen MR) is 190 cm³/mol. The van der Waals surface area contributed by atoms with E-state index in [9.17, 15) is 24.9 Å². The average molecular weight is 653 g/mol. The van der Waals surface area contributed by atoms with E-state index in [0.717, 1.165) is 116 Å². The second-order valence-corrected chi connectivity index (χ2v) is 13.0. The molecule has 0 rings (SSSR count). The van der Waals surface area contributed by atoms with Crippen LogP contribution >= 0.6 is 0 Å². The van der Waals surface area contributed by atoms with E-state index >= 15 is 0 Å². The summed E-state index contributed by atoms with van der Waals surface area (Å²) in [5, 5.41) is 29.5. The Morgan fingerprint density at radius 3 is 1.48 bits per heavy atom. The fraction of sp³-hybridized carbons (Fsp3) is 0.846. The first-order chi connectivity index (χ1) is 22.4. The zero-order valence-electron chi connectivity index (χ0n) is 29.8. The number of carbonyl (C=O) groups is 2. The van der Waals surface area contributed by atoms with Crippen molar-refractivity contribution in [1.29, 1.82) is 0 Å². The fourth-order valence-electron chi connectivity index (χ4n) is 5.34. The van der Waals surface area contributed by atoms with Crippen LogP contribution in [-0.4, -0.2) is 58.8 Å². The van der Waals surface area contributed by atoms with Gasteiger partial charge in [0.25, 0.3) is 0 Å². The van der Waals surface area contributed by atoms with Crippen LogP contribution in [0.3, 0.4) is 0 Å². The molecule has 2 unspecified atom stereocenters. The van der Waals surface area contributed by atoms with Gasteiger partial charge in [0, 0.05) is 12.8 Å². The molecule has 0 bridgehead atoms. The summed E-state index contributed by atoms with van der Waals surface area (Å²) in [5.74, 6) is -0.682. The number of hydrogen-bond acceptors (Lipinski definition) is 7. The molecule has 7 heteroatoms. The molecule has 0 amide bonds. The van der Waals surface area contributed by atoms with Gasteiger partial charge >= 0.3 is 11.9 Å². The molecule has 0 heterocycles. The predicted octanol–water partition coefficient (Wildman–Crippen LogP) is 9.45. The van der Waals surface area contributed by atoms with Gasteiger partial charge in [-0.1, -0.05) is 128 Å². The zero-order valence-corrected chi connectivity index (χ0v) is 29.8. The molecule has 46 heavy (non-hydrogen) atoms. The lowest BCUT2D eigenvalue weighted by atomic mass is 10.1. The fourth-order valence-corrected chi connectivity index (χ4v) is 5.34. The van der Waals surface area contributed by atoms with Crippen molar-refractivity contribution in [2.45, 2.75) is 199 Å². The van der Waals surface area contributed by atoms with Crippen LogP contribution < -0.4 is 0 Å².